The van der Waals surface area contributed by atoms with E-state index in [1.165, 1.54) is 12.1 Å². The summed E-state index contributed by atoms with van der Waals surface area (Å²) in [5.74, 6) is 1.04. The second-order valence-corrected chi connectivity index (χ2v) is 5.23. The topological polar surface area (TPSA) is 49.4 Å². The molecule has 0 fully saturated rings. The van der Waals surface area contributed by atoms with Gasteiger partial charge in [-0.3, -0.25) is 0 Å². The number of aromatic nitrogens is 1. The molecule has 3 aromatic rings. The van der Waals surface area contributed by atoms with Crippen LogP contribution in [0.1, 0.15) is 5.56 Å². The largest absolute Gasteiger partial charge is 0.493 e. The zero-order valence-electron chi connectivity index (χ0n) is 13.2. The summed E-state index contributed by atoms with van der Waals surface area (Å²) >= 11 is 0. The third-order valence-corrected chi connectivity index (χ3v) is 3.92. The van der Waals surface area contributed by atoms with Crippen LogP contribution in [0.5, 0.6) is 11.5 Å². The molecule has 0 spiro atoms. The zero-order valence-corrected chi connectivity index (χ0v) is 13.2. The first-order valence-corrected chi connectivity index (χ1v) is 7.40. The molecule has 1 heterocycles. The lowest BCUT2D eigenvalue weighted by atomic mass is 10.1. The molecular formula is C18H19FN2O2. The van der Waals surface area contributed by atoms with Crippen LogP contribution in [0.25, 0.3) is 16.6 Å². The van der Waals surface area contributed by atoms with Gasteiger partial charge < -0.3 is 19.8 Å². The van der Waals surface area contributed by atoms with Crippen LogP contribution < -0.4 is 15.2 Å². The van der Waals surface area contributed by atoms with Crippen molar-refractivity contribution >= 4 is 10.9 Å². The Morgan fingerprint density at radius 2 is 1.83 bits per heavy atom. The Balaban J connectivity index is 2.31. The number of ether oxygens (including phenoxy) is 2. The van der Waals surface area contributed by atoms with Crippen molar-refractivity contribution in [3.05, 3.63) is 54.0 Å². The van der Waals surface area contributed by atoms with E-state index in [9.17, 15) is 4.39 Å². The molecule has 4 nitrogen and oxygen atoms in total. The molecule has 2 N–H and O–H groups in total. The maximum Gasteiger partial charge on any atom is 0.185 e. The monoisotopic (exact) mass is 314 g/mol. The van der Waals surface area contributed by atoms with Crippen LogP contribution in [0, 0.1) is 5.82 Å². The first-order valence-electron chi connectivity index (χ1n) is 7.40. The molecule has 0 radical (unpaired) electrons. The molecule has 1 aromatic heterocycles. The summed E-state index contributed by atoms with van der Waals surface area (Å²) in [6.45, 7) is 0.548. The fourth-order valence-electron chi connectivity index (χ4n) is 2.87. The van der Waals surface area contributed by atoms with Crippen molar-refractivity contribution in [1.29, 1.82) is 0 Å². The van der Waals surface area contributed by atoms with Gasteiger partial charge in [0.2, 0.25) is 0 Å². The van der Waals surface area contributed by atoms with Gasteiger partial charge in [0.1, 0.15) is 5.82 Å². The molecule has 23 heavy (non-hydrogen) atoms. The molecule has 120 valence electrons. The van der Waals surface area contributed by atoms with E-state index < -0.39 is 0 Å². The average molecular weight is 314 g/mol. The van der Waals surface area contributed by atoms with E-state index in [2.05, 4.69) is 0 Å². The first-order chi connectivity index (χ1) is 11.2. The standard InChI is InChI=1S/C18H19FN2O2/c1-22-16-11-12(7-9-20)15-8-10-21(17(15)18(16)23-2)14-5-3-13(19)4-6-14/h3-6,8,10-11H,7,9,20H2,1-2H3. The SMILES string of the molecule is COc1cc(CCN)c2ccn(-c3ccc(F)cc3)c2c1OC. The lowest BCUT2D eigenvalue weighted by Gasteiger charge is -2.15. The van der Waals surface area contributed by atoms with Crippen LogP contribution in [-0.2, 0) is 6.42 Å². The van der Waals surface area contributed by atoms with Gasteiger partial charge in [-0.1, -0.05) is 0 Å². The third-order valence-electron chi connectivity index (χ3n) is 3.92. The van der Waals surface area contributed by atoms with E-state index in [1.54, 1.807) is 26.4 Å². The van der Waals surface area contributed by atoms with Crippen molar-refractivity contribution in [2.75, 3.05) is 20.8 Å². The van der Waals surface area contributed by atoms with Gasteiger partial charge >= 0.3 is 0 Å². The van der Waals surface area contributed by atoms with E-state index >= 15 is 0 Å². The summed E-state index contributed by atoms with van der Waals surface area (Å²) in [5, 5.41) is 1.05. The van der Waals surface area contributed by atoms with Gasteiger partial charge in [-0.2, -0.15) is 0 Å². The van der Waals surface area contributed by atoms with E-state index in [-0.39, 0.29) is 5.82 Å². The fourth-order valence-corrected chi connectivity index (χ4v) is 2.87. The van der Waals surface area contributed by atoms with Crippen molar-refractivity contribution in [2.45, 2.75) is 6.42 Å². The highest BCUT2D eigenvalue weighted by atomic mass is 19.1. The number of fused-ring (bicyclic) bond motifs is 1. The van der Waals surface area contributed by atoms with Crippen LogP contribution in [0.15, 0.2) is 42.6 Å². The highest BCUT2D eigenvalue weighted by Crippen LogP contribution is 2.39. The minimum Gasteiger partial charge on any atom is -0.493 e. The predicted molar refractivity (Wildman–Crippen MR) is 89.1 cm³/mol. The van der Waals surface area contributed by atoms with E-state index in [0.29, 0.717) is 18.0 Å². The number of nitrogens with zero attached hydrogens (tertiary/aromatic N) is 1. The molecule has 0 amide bonds. The summed E-state index contributed by atoms with van der Waals surface area (Å²) in [5.41, 5.74) is 8.57. The Kier molecular flexibility index (Phi) is 4.21. The van der Waals surface area contributed by atoms with Gasteiger partial charge in [0, 0.05) is 17.3 Å². The van der Waals surface area contributed by atoms with Crippen molar-refractivity contribution < 1.29 is 13.9 Å². The van der Waals surface area contributed by atoms with Gasteiger partial charge in [0.05, 0.1) is 19.7 Å². The minimum absolute atomic E-state index is 0.265. The second-order valence-electron chi connectivity index (χ2n) is 5.23. The van der Waals surface area contributed by atoms with Crippen LogP contribution >= 0.6 is 0 Å². The molecular weight excluding hydrogens is 295 g/mol. The molecule has 0 aliphatic carbocycles. The lowest BCUT2D eigenvalue weighted by molar-refractivity contribution is 0.357. The number of benzene rings is 2. The maximum absolute atomic E-state index is 13.2. The number of halogens is 1. The zero-order chi connectivity index (χ0) is 16.4. The molecule has 0 aliphatic heterocycles. The van der Waals surface area contributed by atoms with E-state index in [1.807, 2.05) is 22.9 Å². The summed E-state index contributed by atoms with van der Waals surface area (Å²) in [6, 6.07) is 10.3. The second kappa shape index (κ2) is 6.30. The number of methoxy groups -OCH3 is 2. The fraction of sp³-hybridized carbons (Fsp3) is 0.222. The van der Waals surface area contributed by atoms with Gasteiger partial charge in [-0.25, -0.2) is 4.39 Å². The quantitative estimate of drug-likeness (QED) is 0.786. The third kappa shape index (κ3) is 2.64. The molecule has 5 heteroatoms. The molecule has 0 unspecified atom stereocenters. The smallest absolute Gasteiger partial charge is 0.185 e. The molecule has 0 bridgehead atoms. The van der Waals surface area contributed by atoms with Crippen LogP contribution in [0.3, 0.4) is 0 Å². The molecule has 2 aromatic carbocycles. The molecule has 0 saturated heterocycles. The lowest BCUT2D eigenvalue weighted by Crippen LogP contribution is -2.04. The van der Waals surface area contributed by atoms with Crippen molar-refractivity contribution in [1.82, 2.24) is 4.57 Å². The molecule has 0 aliphatic rings. The Labute approximate surface area is 134 Å². The van der Waals surface area contributed by atoms with Gasteiger partial charge in [-0.15, -0.1) is 0 Å². The number of hydrogen-bond donors (Lipinski definition) is 1. The van der Waals surface area contributed by atoms with Crippen molar-refractivity contribution in [2.24, 2.45) is 5.73 Å². The van der Waals surface area contributed by atoms with Gasteiger partial charge in [0.15, 0.2) is 11.5 Å². The average Bonchev–Trinajstić information content (AvgIpc) is 3.00. The Morgan fingerprint density at radius 3 is 2.43 bits per heavy atom. The van der Waals surface area contributed by atoms with Crippen molar-refractivity contribution in [3.8, 4) is 17.2 Å². The van der Waals surface area contributed by atoms with Crippen molar-refractivity contribution in [3.63, 3.8) is 0 Å². The Morgan fingerprint density at radius 1 is 1.09 bits per heavy atom. The summed E-state index contributed by atoms with van der Waals surface area (Å²) in [6.07, 6.45) is 2.68. The highest BCUT2D eigenvalue weighted by Gasteiger charge is 2.17. The number of rotatable bonds is 5. The first kappa shape index (κ1) is 15.4. The summed E-state index contributed by atoms with van der Waals surface area (Å²) in [7, 11) is 3.23. The predicted octanol–water partition coefficient (Wildman–Crippen LogP) is 3.29. The van der Waals surface area contributed by atoms with Gasteiger partial charge in [-0.05, 0) is 54.9 Å². The van der Waals surface area contributed by atoms with Crippen LogP contribution in [0.2, 0.25) is 0 Å². The Hall–Kier alpha value is -2.53. The molecule has 0 saturated carbocycles. The maximum atomic E-state index is 13.2. The van der Waals surface area contributed by atoms with Crippen LogP contribution in [0.4, 0.5) is 4.39 Å². The summed E-state index contributed by atoms with van der Waals surface area (Å²) in [4.78, 5) is 0. The highest BCUT2D eigenvalue weighted by molar-refractivity contribution is 5.93. The minimum atomic E-state index is -0.265. The van der Waals surface area contributed by atoms with E-state index in [4.69, 9.17) is 15.2 Å². The summed E-state index contributed by atoms with van der Waals surface area (Å²) < 4.78 is 26.2. The number of hydrogen-bond acceptors (Lipinski definition) is 3. The Bertz CT molecular complexity index is 825. The van der Waals surface area contributed by atoms with Gasteiger partial charge in [0.25, 0.3) is 0 Å². The number of nitrogens with two attached hydrogens (primary N) is 1. The van der Waals surface area contributed by atoms with Crippen LogP contribution in [-0.4, -0.2) is 25.3 Å². The molecule has 3 rings (SSSR count). The van der Waals surface area contributed by atoms with E-state index in [0.717, 1.165) is 28.6 Å². The molecule has 0 atom stereocenters. The normalized spacial score (nSPS) is 11.0.